The van der Waals surface area contributed by atoms with Crippen molar-refractivity contribution in [3.05, 3.63) is 94.8 Å². The lowest BCUT2D eigenvalue weighted by Crippen LogP contribution is -2.20. The molecule has 0 spiro atoms. The van der Waals surface area contributed by atoms with Gasteiger partial charge in [0.15, 0.2) is 11.5 Å². The van der Waals surface area contributed by atoms with E-state index >= 15 is 0 Å². The molecule has 0 aliphatic heterocycles. The van der Waals surface area contributed by atoms with Crippen LogP contribution in [0, 0.1) is 13.8 Å². The molecule has 9 heteroatoms. The second-order valence-electron chi connectivity index (χ2n) is 7.81. The van der Waals surface area contributed by atoms with Crippen LogP contribution in [-0.2, 0) is 6.61 Å². The molecule has 0 atom stereocenters. The average Bonchev–Trinajstić information content (AvgIpc) is 2.82. The molecule has 0 aliphatic carbocycles. The number of aromatic nitrogens is 2. The van der Waals surface area contributed by atoms with Crippen LogP contribution in [-0.4, -0.2) is 22.5 Å². The molecule has 0 bridgehead atoms. The molecule has 0 aliphatic rings. The average molecular weight is 664 g/mol. The molecule has 0 saturated heterocycles. The zero-order chi connectivity index (χ0) is 25.1. The van der Waals surface area contributed by atoms with Gasteiger partial charge in [0, 0.05) is 14.5 Å². The van der Waals surface area contributed by atoms with Crippen molar-refractivity contribution >= 4 is 64.9 Å². The van der Waals surface area contributed by atoms with E-state index in [1.165, 1.54) is 10.2 Å². The highest BCUT2D eigenvalue weighted by Crippen LogP contribution is 2.43. The fourth-order valence-corrected chi connectivity index (χ4v) is 4.87. The highest BCUT2D eigenvalue weighted by Gasteiger charge is 2.17. The number of ether oxygens (including phenoxy) is 2. The number of hydrogen-bond donors (Lipinski definition) is 0. The van der Waals surface area contributed by atoms with Crippen LogP contribution in [0.25, 0.3) is 10.9 Å². The molecule has 0 N–H and O–H groups in total. The van der Waals surface area contributed by atoms with Gasteiger partial charge < -0.3 is 9.47 Å². The van der Waals surface area contributed by atoms with Gasteiger partial charge in [-0.05, 0) is 82.5 Å². The van der Waals surface area contributed by atoms with Gasteiger partial charge >= 0.3 is 0 Å². The predicted molar refractivity (Wildman–Crippen MR) is 150 cm³/mol. The SMILES string of the molecule is CCOc1cc(C=Nn2c(C)nc3ccc(Br)cc3c2=O)c(Br)c(Br)c1OCc1cccc(C)c1. The van der Waals surface area contributed by atoms with Crippen molar-refractivity contribution in [2.45, 2.75) is 27.4 Å². The van der Waals surface area contributed by atoms with Crippen LogP contribution in [0.1, 0.15) is 29.4 Å². The number of aryl methyl sites for hydroxylation is 2. The van der Waals surface area contributed by atoms with E-state index in [0.29, 0.717) is 51.5 Å². The third-order valence-electron chi connectivity index (χ3n) is 5.20. The van der Waals surface area contributed by atoms with Gasteiger partial charge in [-0.2, -0.15) is 9.78 Å². The van der Waals surface area contributed by atoms with Crippen LogP contribution in [0.5, 0.6) is 11.5 Å². The Bertz CT molecular complexity index is 1500. The molecule has 1 heterocycles. The van der Waals surface area contributed by atoms with Gasteiger partial charge in [-0.15, -0.1) is 0 Å². The topological polar surface area (TPSA) is 65.7 Å². The molecular formula is C26H22Br3N3O3. The Hall–Kier alpha value is -2.49. The lowest BCUT2D eigenvalue weighted by molar-refractivity contribution is 0.267. The van der Waals surface area contributed by atoms with Crippen molar-refractivity contribution in [3.8, 4) is 11.5 Å². The predicted octanol–water partition coefficient (Wildman–Crippen LogP) is 7.16. The molecule has 35 heavy (non-hydrogen) atoms. The van der Waals surface area contributed by atoms with E-state index in [-0.39, 0.29) is 5.56 Å². The highest BCUT2D eigenvalue weighted by atomic mass is 79.9. The first kappa shape index (κ1) is 25.6. The summed E-state index contributed by atoms with van der Waals surface area (Å²) in [6.45, 7) is 6.57. The second-order valence-corrected chi connectivity index (χ2v) is 10.3. The van der Waals surface area contributed by atoms with Crippen molar-refractivity contribution in [1.82, 2.24) is 9.66 Å². The maximum atomic E-state index is 13.1. The van der Waals surface area contributed by atoms with Gasteiger partial charge in [0.2, 0.25) is 0 Å². The largest absolute Gasteiger partial charge is 0.490 e. The highest BCUT2D eigenvalue weighted by molar-refractivity contribution is 9.13. The van der Waals surface area contributed by atoms with Crippen LogP contribution in [0.3, 0.4) is 0 Å². The molecule has 4 rings (SSSR count). The molecule has 4 aromatic rings. The smallest absolute Gasteiger partial charge is 0.282 e. The summed E-state index contributed by atoms with van der Waals surface area (Å²) >= 11 is 10.7. The van der Waals surface area contributed by atoms with Gasteiger partial charge in [0.25, 0.3) is 5.56 Å². The fraction of sp³-hybridized carbons (Fsp3) is 0.192. The van der Waals surface area contributed by atoms with E-state index in [0.717, 1.165) is 14.5 Å². The van der Waals surface area contributed by atoms with Crippen LogP contribution in [0.2, 0.25) is 0 Å². The molecular weight excluding hydrogens is 642 g/mol. The van der Waals surface area contributed by atoms with Crippen molar-refractivity contribution in [3.63, 3.8) is 0 Å². The van der Waals surface area contributed by atoms with E-state index in [9.17, 15) is 4.79 Å². The fourth-order valence-electron chi connectivity index (χ4n) is 3.57. The summed E-state index contributed by atoms with van der Waals surface area (Å²) in [6, 6.07) is 15.4. The first-order valence-corrected chi connectivity index (χ1v) is 13.2. The Kier molecular flexibility index (Phi) is 8.09. The van der Waals surface area contributed by atoms with Gasteiger partial charge in [0.05, 0.1) is 28.2 Å². The van der Waals surface area contributed by atoms with Crippen molar-refractivity contribution < 1.29 is 9.47 Å². The summed E-state index contributed by atoms with van der Waals surface area (Å²) in [5.41, 5.74) is 3.32. The summed E-state index contributed by atoms with van der Waals surface area (Å²) < 4.78 is 15.5. The molecule has 3 aromatic carbocycles. The molecule has 0 fully saturated rings. The Morgan fingerprint density at radius 1 is 1.03 bits per heavy atom. The first-order chi connectivity index (χ1) is 16.8. The lowest BCUT2D eigenvalue weighted by Gasteiger charge is -2.16. The zero-order valence-corrected chi connectivity index (χ0v) is 24.1. The lowest BCUT2D eigenvalue weighted by atomic mass is 10.1. The number of hydrogen-bond acceptors (Lipinski definition) is 5. The van der Waals surface area contributed by atoms with Crippen LogP contribution < -0.4 is 15.0 Å². The molecule has 0 radical (unpaired) electrons. The molecule has 0 amide bonds. The molecule has 6 nitrogen and oxygen atoms in total. The summed E-state index contributed by atoms with van der Waals surface area (Å²) in [5.74, 6) is 1.64. The summed E-state index contributed by atoms with van der Waals surface area (Å²) in [7, 11) is 0. The number of rotatable bonds is 7. The van der Waals surface area contributed by atoms with E-state index in [1.54, 1.807) is 25.3 Å². The van der Waals surface area contributed by atoms with Crippen molar-refractivity contribution in [1.29, 1.82) is 0 Å². The molecule has 180 valence electrons. The minimum atomic E-state index is -0.247. The second kappa shape index (κ2) is 11.1. The van der Waals surface area contributed by atoms with Gasteiger partial charge in [-0.3, -0.25) is 4.79 Å². The molecule has 0 unspecified atom stereocenters. The molecule has 1 aromatic heterocycles. The van der Waals surface area contributed by atoms with Gasteiger partial charge in [0.1, 0.15) is 12.4 Å². The Labute approximate surface area is 228 Å². The number of nitrogens with zero attached hydrogens (tertiary/aromatic N) is 3. The monoisotopic (exact) mass is 661 g/mol. The number of fused-ring (bicyclic) bond motifs is 1. The van der Waals surface area contributed by atoms with E-state index in [4.69, 9.17) is 9.47 Å². The van der Waals surface area contributed by atoms with E-state index < -0.39 is 0 Å². The van der Waals surface area contributed by atoms with Crippen LogP contribution >= 0.6 is 47.8 Å². The van der Waals surface area contributed by atoms with E-state index in [1.807, 2.05) is 44.2 Å². The van der Waals surface area contributed by atoms with Crippen molar-refractivity contribution in [2.75, 3.05) is 6.61 Å². The Morgan fingerprint density at radius 3 is 2.57 bits per heavy atom. The zero-order valence-electron chi connectivity index (χ0n) is 19.3. The first-order valence-electron chi connectivity index (χ1n) is 10.8. The van der Waals surface area contributed by atoms with Crippen molar-refractivity contribution in [2.24, 2.45) is 5.10 Å². The Balaban J connectivity index is 1.71. The van der Waals surface area contributed by atoms with Gasteiger partial charge in [-0.1, -0.05) is 45.8 Å². The maximum absolute atomic E-state index is 13.1. The Morgan fingerprint density at radius 2 is 1.83 bits per heavy atom. The summed E-state index contributed by atoms with van der Waals surface area (Å²) in [6.07, 6.45) is 1.60. The van der Waals surface area contributed by atoms with E-state index in [2.05, 4.69) is 63.9 Å². The third-order valence-corrected chi connectivity index (χ3v) is 7.84. The number of halogens is 3. The summed E-state index contributed by atoms with van der Waals surface area (Å²) in [5, 5.41) is 4.93. The van der Waals surface area contributed by atoms with Gasteiger partial charge in [-0.25, -0.2) is 4.98 Å². The molecule has 0 saturated carbocycles. The normalized spacial score (nSPS) is 11.4. The quantitative estimate of drug-likeness (QED) is 0.197. The summed E-state index contributed by atoms with van der Waals surface area (Å²) in [4.78, 5) is 17.6. The standard InChI is InChI=1S/C26H22Br3N3O3/c1-4-34-22-11-18(23(28)24(29)25(22)35-14-17-7-5-6-15(2)10-17)13-30-32-16(3)31-21-9-8-19(27)12-20(21)26(32)33/h5-13H,4,14H2,1-3H3. The van der Waals surface area contributed by atoms with Crippen LogP contribution in [0.4, 0.5) is 0 Å². The minimum Gasteiger partial charge on any atom is -0.490 e. The third kappa shape index (κ3) is 5.68. The van der Waals surface area contributed by atoms with Crippen LogP contribution in [0.15, 0.2) is 71.8 Å². The number of benzene rings is 3. The maximum Gasteiger partial charge on any atom is 0.282 e. The minimum absolute atomic E-state index is 0.247.